The average molecular weight is 236 g/mol. The van der Waals surface area contributed by atoms with Crippen LogP contribution in [0, 0.1) is 6.92 Å². The molecule has 0 atom stereocenters. The van der Waals surface area contributed by atoms with Gasteiger partial charge in [-0.2, -0.15) is 0 Å². The van der Waals surface area contributed by atoms with Gasteiger partial charge in [-0.3, -0.25) is 14.6 Å². The maximum absolute atomic E-state index is 11.5. The number of amides is 1. The van der Waals surface area contributed by atoms with Crippen LogP contribution >= 0.6 is 0 Å². The summed E-state index contributed by atoms with van der Waals surface area (Å²) in [5, 5.41) is 11.2. The van der Waals surface area contributed by atoms with Crippen molar-refractivity contribution in [3.8, 4) is 0 Å². The molecule has 1 aromatic heterocycles. The van der Waals surface area contributed by atoms with Gasteiger partial charge in [0.05, 0.1) is 11.9 Å². The molecule has 0 radical (unpaired) electrons. The highest BCUT2D eigenvalue weighted by Crippen LogP contribution is 2.08. The molecule has 1 rings (SSSR count). The van der Waals surface area contributed by atoms with Gasteiger partial charge in [-0.15, -0.1) is 0 Å². The van der Waals surface area contributed by atoms with Crippen LogP contribution in [0.3, 0.4) is 0 Å². The van der Waals surface area contributed by atoms with E-state index in [9.17, 15) is 9.59 Å². The minimum atomic E-state index is -0.826. The highest BCUT2D eigenvalue weighted by atomic mass is 16.4. The third kappa shape index (κ3) is 5.65. The lowest BCUT2D eigenvalue weighted by Gasteiger charge is -2.04. The van der Waals surface area contributed by atoms with E-state index in [-0.39, 0.29) is 12.3 Å². The van der Waals surface area contributed by atoms with Crippen molar-refractivity contribution in [1.29, 1.82) is 0 Å². The van der Waals surface area contributed by atoms with Crippen molar-refractivity contribution in [2.45, 2.75) is 32.6 Å². The lowest BCUT2D eigenvalue weighted by molar-refractivity contribution is -0.137. The van der Waals surface area contributed by atoms with Crippen molar-refractivity contribution in [2.24, 2.45) is 0 Å². The molecular weight excluding hydrogens is 220 g/mol. The number of carbonyl (C=O) groups excluding carboxylic acids is 1. The molecule has 0 saturated carbocycles. The third-order valence-corrected chi connectivity index (χ3v) is 2.20. The zero-order valence-corrected chi connectivity index (χ0v) is 9.77. The number of pyridine rings is 1. The number of aromatic nitrogens is 1. The van der Waals surface area contributed by atoms with E-state index in [4.69, 9.17) is 5.11 Å². The van der Waals surface area contributed by atoms with Crippen LogP contribution in [-0.4, -0.2) is 22.0 Å². The normalized spacial score (nSPS) is 9.94. The Balaban J connectivity index is 2.27. The molecule has 0 fully saturated rings. The summed E-state index contributed by atoms with van der Waals surface area (Å²) >= 11 is 0. The fourth-order valence-corrected chi connectivity index (χ4v) is 1.41. The number of anilines is 1. The summed E-state index contributed by atoms with van der Waals surface area (Å²) in [6.45, 7) is 1.90. The fourth-order valence-electron chi connectivity index (χ4n) is 1.41. The highest BCUT2D eigenvalue weighted by molar-refractivity contribution is 5.90. The maximum atomic E-state index is 11.5. The lowest BCUT2D eigenvalue weighted by atomic mass is 10.2. The van der Waals surface area contributed by atoms with E-state index in [0.717, 1.165) is 5.56 Å². The van der Waals surface area contributed by atoms with Crippen LogP contribution in [0.1, 0.15) is 31.2 Å². The summed E-state index contributed by atoms with van der Waals surface area (Å²) in [5.41, 5.74) is 1.65. The zero-order chi connectivity index (χ0) is 12.7. The predicted octanol–water partition coefficient (Wildman–Crippen LogP) is 1.97. The van der Waals surface area contributed by atoms with Crippen LogP contribution in [0.2, 0.25) is 0 Å². The second kappa shape index (κ2) is 6.62. The summed E-state index contributed by atoms with van der Waals surface area (Å²) in [7, 11) is 0. The smallest absolute Gasteiger partial charge is 0.303 e. The molecule has 5 nitrogen and oxygen atoms in total. The van der Waals surface area contributed by atoms with E-state index in [1.807, 2.05) is 13.0 Å². The lowest BCUT2D eigenvalue weighted by Crippen LogP contribution is -2.11. The Labute approximate surface area is 99.9 Å². The number of carboxylic acids is 1. The van der Waals surface area contributed by atoms with Crippen molar-refractivity contribution in [3.63, 3.8) is 0 Å². The summed E-state index contributed by atoms with van der Waals surface area (Å²) in [5.74, 6) is -0.934. The summed E-state index contributed by atoms with van der Waals surface area (Å²) in [4.78, 5) is 25.7. The number of hydrogen-bond acceptors (Lipinski definition) is 3. The van der Waals surface area contributed by atoms with Gasteiger partial charge >= 0.3 is 5.97 Å². The molecule has 17 heavy (non-hydrogen) atoms. The molecule has 0 aliphatic carbocycles. The molecule has 1 heterocycles. The number of rotatable bonds is 6. The number of nitrogens with zero attached hydrogens (tertiary/aromatic N) is 1. The molecule has 0 spiro atoms. The second-order valence-corrected chi connectivity index (χ2v) is 3.90. The maximum Gasteiger partial charge on any atom is 0.303 e. The first-order valence-corrected chi connectivity index (χ1v) is 5.51. The molecule has 0 bridgehead atoms. The Kier molecular flexibility index (Phi) is 5.13. The molecule has 5 heteroatoms. The SMILES string of the molecule is Cc1cncc(NC(=O)CCCCC(=O)O)c1. The van der Waals surface area contributed by atoms with Gasteiger partial charge in [0.25, 0.3) is 0 Å². The molecule has 1 aromatic rings. The standard InChI is InChI=1S/C12H16N2O3/c1-9-6-10(8-13-7-9)14-11(15)4-2-3-5-12(16)17/h6-8H,2-5H2,1H3,(H,14,15)(H,16,17). The van der Waals surface area contributed by atoms with Crippen molar-refractivity contribution in [3.05, 3.63) is 24.0 Å². The van der Waals surface area contributed by atoms with E-state index in [1.165, 1.54) is 0 Å². The van der Waals surface area contributed by atoms with Crippen molar-refractivity contribution < 1.29 is 14.7 Å². The van der Waals surface area contributed by atoms with Gasteiger partial charge in [0.15, 0.2) is 0 Å². The molecule has 2 N–H and O–H groups in total. The van der Waals surface area contributed by atoms with Crippen LogP contribution in [0.4, 0.5) is 5.69 Å². The van der Waals surface area contributed by atoms with E-state index in [2.05, 4.69) is 10.3 Å². The second-order valence-electron chi connectivity index (χ2n) is 3.90. The number of unbranched alkanes of at least 4 members (excludes halogenated alkanes) is 1. The number of nitrogens with one attached hydrogen (secondary N) is 1. The summed E-state index contributed by atoms with van der Waals surface area (Å²) in [6, 6.07) is 1.84. The van der Waals surface area contributed by atoms with Crippen molar-refractivity contribution >= 4 is 17.6 Å². The molecule has 0 aromatic carbocycles. The van der Waals surface area contributed by atoms with E-state index in [0.29, 0.717) is 24.9 Å². The Morgan fingerprint density at radius 3 is 2.65 bits per heavy atom. The van der Waals surface area contributed by atoms with Gasteiger partial charge in [-0.1, -0.05) is 0 Å². The number of aliphatic carboxylic acids is 1. The minimum Gasteiger partial charge on any atom is -0.481 e. The highest BCUT2D eigenvalue weighted by Gasteiger charge is 2.03. The third-order valence-electron chi connectivity index (χ3n) is 2.20. The van der Waals surface area contributed by atoms with Crippen LogP contribution in [-0.2, 0) is 9.59 Å². The first-order chi connectivity index (χ1) is 8.08. The van der Waals surface area contributed by atoms with Gasteiger partial charge < -0.3 is 10.4 Å². The monoisotopic (exact) mass is 236 g/mol. The van der Waals surface area contributed by atoms with Crippen LogP contribution < -0.4 is 5.32 Å². The van der Waals surface area contributed by atoms with Crippen LogP contribution in [0.5, 0.6) is 0 Å². The number of aryl methyl sites for hydroxylation is 1. The number of hydrogen-bond donors (Lipinski definition) is 2. The first kappa shape index (κ1) is 13.2. The van der Waals surface area contributed by atoms with Gasteiger partial charge in [0.2, 0.25) is 5.91 Å². The quantitative estimate of drug-likeness (QED) is 0.740. The van der Waals surface area contributed by atoms with Gasteiger partial charge in [-0.25, -0.2) is 0 Å². The molecule has 1 amide bonds. The summed E-state index contributed by atoms with van der Waals surface area (Å²) in [6.07, 6.45) is 4.84. The average Bonchev–Trinajstić information content (AvgIpc) is 2.24. The van der Waals surface area contributed by atoms with Gasteiger partial charge in [0.1, 0.15) is 0 Å². The minimum absolute atomic E-state index is 0.109. The van der Waals surface area contributed by atoms with Crippen LogP contribution in [0.25, 0.3) is 0 Å². The molecule has 0 aliphatic heterocycles. The van der Waals surface area contributed by atoms with Crippen molar-refractivity contribution in [1.82, 2.24) is 4.98 Å². The Morgan fingerprint density at radius 1 is 1.29 bits per heavy atom. The largest absolute Gasteiger partial charge is 0.481 e. The Morgan fingerprint density at radius 2 is 2.00 bits per heavy atom. The molecule has 0 unspecified atom stereocenters. The van der Waals surface area contributed by atoms with E-state index < -0.39 is 5.97 Å². The number of carbonyl (C=O) groups is 2. The zero-order valence-electron chi connectivity index (χ0n) is 9.77. The first-order valence-electron chi connectivity index (χ1n) is 5.51. The van der Waals surface area contributed by atoms with Gasteiger partial charge in [0, 0.05) is 19.0 Å². The van der Waals surface area contributed by atoms with E-state index in [1.54, 1.807) is 12.4 Å². The van der Waals surface area contributed by atoms with Crippen LogP contribution in [0.15, 0.2) is 18.5 Å². The molecule has 0 saturated heterocycles. The van der Waals surface area contributed by atoms with Gasteiger partial charge in [-0.05, 0) is 31.4 Å². The Hall–Kier alpha value is -1.91. The topological polar surface area (TPSA) is 79.3 Å². The fraction of sp³-hybridized carbons (Fsp3) is 0.417. The molecular formula is C12H16N2O3. The molecule has 0 aliphatic rings. The Bertz CT molecular complexity index is 404. The number of carboxylic acid groups (broad SMARTS) is 1. The molecule has 92 valence electrons. The summed E-state index contributed by atoms with van der Waals surface area (Å²) < 4.78 is 0. The predicted molar refractivity (Wildman–Crippen MR) is 63.7 cm³/mol. The van der Waals surface area contributed by atoms with E-state index >= 15 is 0 Å². The van der Waals surface area contributed by atoms with Crippen molar-refractivity contribution in [2.75, 3.05) is 5.32 Å².